The highest BCUT2D eigenvalue weighted by Crippen LogP contribution is 2.29. The molecular formula is C26H25N5O3. The number of aromatic amines is 1. The van der Waals surface area contributed by atoms with Gasteiger partial charge in [-0.2, -0.15) is 5.10 Å². The van der Waals surface area contributed by atoms with Gasteiger partial charge in [-0.3, -0.25) is 9.89 Å². The fourth-order valence-corrected chi connectivity index (χ4v) is 4.13. The van der Waals surface area contributed by atoms with E-state index in [0.717, 1.165) is 30.0 Å². The summed E-state index contributed by atoms with van der Waals surface area (Å²) in [6, 6.07) is 16.3. The van der Waals surface area contributed by atoms with Gasteiger partial charge in [-0.15, -0.1) is 0 Å². The van der Waals surface area contributed by atoms with Gasteiger partial charge in [0.05, 0.1) is 29.4 Å². The number of amides is 1. The maximum atomic E-state index is 13.6. The van der Waals surface area contributed by atoms with Crippen molar-refractivity contribution in [3.8, 4) is 22.8 Å². The summed E-state index contributed by atoms with van der Waals surface area (Å²) in [7, 11) is 1.63. The SMILES string of the molecule is COc1ccccc1/C=C/c1n[nH]c2nc(-c3ccc(O)cc3)cc(C(=O)N3CCNCC3)c12. The third-order valence-corrected chi connectivity index (χ3v) is 5.92. The molecule has 4 aromatic rings. The Balaban J connectivity index is 1.62. The smallest absolute Gasteiger partial charge is 0.254 e. The fraction of sp³-hybridized carbons (Fsp3) is 0.192. The van der Waals surface area contributed by atoms with Crippen LogP contribution in [-0.4, -0.2) is 64.4 Å². The molecule has 172 valence electrons. The van der Waals surface area contributed by atoms with Crippen molar-refractivity contribution in [2.75, 3.05) is 33.3 Å². The number of fused-ring (bicyclic) bond motifs is 1. The molecule has 1 amide bonds. The molecule has 3 N–H and O–H groups in total. The standard InChI is InChI=1S/C26H25N5O3/c1-34-23-5-3-2-4-18(23)8-11-21-24-20(26(33)31-14-12-27-13-15-31)16-22(28-25(24)30-29-21)17-6-9-19(32)10-7-17/h2-11,16,27,32H,12-15H2,1H3,(H,28,29,30)/b11-8+. The van der Waals surface area contributed by atoms with E-state index in [2.05, 4.69) is 15.5 Å². The van der Waals surface area contributed by atoms with Crippen molar-refractivity contribution in [1.82, 2.24) is 25.4 Å². The summed E-state index contributed by atoms with van der Waals surface area (Å²) in [4.78, 5) is 20.2. The number of methoxy groups -OCH3 is 1. The van der Waals surface area contributed by atoms with Crippen LogP contribution in [0.1, 0.15) is 21.6 Å². The minimum Gasteiger partial charge on any atom is -0.508 e. The molecule has 2 aromatic carbocycles. The van der Waals surface area contributed by atoms with Gasteiger partial charge in [0, 0.05) is 37.3 Å². The minimum atomic E-state index is -0.0535. The van der Waals surface area contributed by atoms with Crippen LogP contribution >= 0.6 is 0 Å². The number of aromatic hydroxyl groups is 1. The van der Waals surface area contributed by atoms with Gasteiger partial charge in [0.25, 0.3) is 5.91 Å². The number of nitrogens with zero attached hydrogens (tertiary/aromatic N) is 3. The number of H-pyrrole nitrogens is 1. The van der Waals surface area contributed by atoms with E-state index in [4.69, 9.17) is 9.72 Å². The van der Waals surface area contributed by atoms with E-state index in [1.165, 1.54) is 0 Å². The Morgan fingerprint density at radius 2 is 1.85 bits per heavy atom. The zero-order valence-corrected chi connectivity index (χ0v) is 18.8. The molecule has 0 saturated carbocycles. The van der Waals surface area contributed by atoms with Crippen LogP contribution in [0.2, 0.25) is 0 Å². The van der Waals surface area contributed by atoms with Crippen molar-refractivity contribution in [2.45, 2.75) is 0 Å². The molecule has 0 spiro atoms. The maximum absolute atomic E-state index is 13.6. The summed E-state index contributed by atoms with van der Waals surface area (Å²) in [5.41, 5.74) is 4.05. The topological polar surface area (TPSA) is 103 Å². The molecule has 3 heterocycles. The second-order valence-corrected chi connectivity index (χ2v) is 8.05. The lowest BCUT2D eigenvalue weighted by Gasteiger charge is -2.27. The van der Waals surface area contributed by atoms with Gasteiger partial charge < -0.3 is 20.1 Å². The maximum Gasteiger partial charge on any atom is 0.254 e. The number of aromatic nitrogens is 3. The third kappa shape index (κ3) is 4.23. The number of hydrogen-bond acceptors (Lipinski definition) is 6. The summed E-state index contributed by atoms with van der Waals surface area (Å²) in [6.07, 6.45) is 3.79. The molecule has 8 heteroatoms. The number of carbonyl (C=O) groups excluding carboxylic acids is 1. The van der Waals surface area contributed by atoms with Crippen molar-refractivity contribution >= 4 is 29.1 Å². The molecule has 0 atom stereocenters. The highest BCUT2D eigenvalue weighted by atomic mass is 16.5. The van der Waals surface area contributed by atoms with E-state index in [-0.39, 0.29) is 11.7 Å². The van der Waals surface area contributed by atoms with E-state index < -0.39 is 0 Å². The Bertz CT molecular complexity index is 1350. The first-order valence-electron chi connectivity index (χ1n) is 11.1. The fourth-order valence-electron chi connectivity index (χ4n) is 4.13. The molecule has 1 saturated heterocycles. The quantitative estimate of drug-likeness (QED) is 0.425. The van der Waals surface area contributed by atoms with Crippen molar-refractivity contribution < 1.29 is 14.6 Å². The van der Waals surface area contributed by atoms with E-state index in [1.807, 2.05) is 47.4 Å². The van der Waals surface area contributed by atoms with Gasteiger partial charge in [0.1, 0.15) is 11.5 Å². The largest absolute Gasteiger partial charge is 0.508 e. The molecule has 0 bridgehead atoms. The molecule has 1 fully saturated rings. The summed E-state index contributed by atoms with van der Waals surface area (Å²) < 4.78 is 5.44. The highest BCUT2D eigenvalue weighted by Gasteiger charge is 2.24. The summed E-state index contributed by atoms with van der Waals surface area (Å²) in [5, 5.41) is 21.1. The second-order valence-electron chi connectivity index (χ2n) is 8.05. The van der Waals surface area contributed by atoms with Gasteiger partial charge in [-0.05, 0) is 48.6 Å². The van der Waals surface area contributed by atoms with Crippen molar-refractivity contribution in [1.29, 1.82) is 0 Å². The minimum absolute atomic E-state index is 0.0535. The number of phenolic OH excluding ortho intramolecular Hbond substituents is 1. The Hall–Kier alpha value is -4.17. The van der Waals surface area contributed by atoms with Crippen LogP contribution in [0, 0.1) is 0 Å². The number of para-hydroxylation sites is 1. The lowest BCUT2D eigenvalue weighted by Crippen LogP contribution is -2.46. The molecule has 0 radical (unpaired) electrons. The molecule has 8 nitrogen and oxygen atoms in total. The van der Waals surface area contributed by atoms with Crippen LogP contribution in [-0.2, 0) is 0 Å². The van der Waals surface area contributed by atoms with Gasteiger partial charge in [0.15, 0.2) is 5.65 Å². The number of piperazine rings is 1. The number of carbonyl (C=O) groups is 1. The lowest BCUT2D eigenvalue weighted by atomic mass is 10.0. The molecule has 1 aliphatic heterocycles. The summed E-state index contributed by atoms with van der Waals surface area (Å²) in [5.74, 6) is 0.873. The van der Waals surface area contributed by atoms with Crippen LogP contribution < -0.4 is 10.1 Å². The van der Waals surface area contributed by atoms with E-state index in [1.54, 1.807) is 31.4 Å². The van der Waals surface area contributed by atoms with Crippen molar-refractivity contribution in [3.63, 3.8) is 0 Å². The molecule has 1 aliphatic rings. The average molecular weight is 456 g/mol. The highest BCUT2D eigenvalue weighted by molar-refractivity contribution is 6.09. The number of ether oxygens (including phenoxy) is 1. The predicted molar refractivity (Wildman–Crippen MR) is 132 cm³/mol. The van der Waals surface area contributed by atoms with Crippen LogP contribution in [0.5, 0.6) is 11.5 Å². The van der Waals surface area contributed by atoms with E-state index in [9.17, 15) is 9.90 Å². The lowest BCUT2D eigenvalue weighted by molar-refractivity contribution is 0.0737. The predicted octanol–water partition coefficient (Wildman–Crippen LogP) is 3.55. The molecule has 0 unspecified atom stereocenters. The second kappa shape index (κ2) is 9.36. The monoisotopic (exact) mass is 455 g/mol. The first-order valence-corrected chi connectivity index (χ1v) is 11.1. The van der Waals surface area contributed by atoms with Gasteiger partial charge in [-0.1, -0.05) is 18.2 Å². The van der Waals surface area contributed by atoms with Crippen LogP contribution in [0.15, 0.2) is 54.6 Å². The van der Waals surface area contributed by atoms with E-state index >= 15 is 0 Å². The Morgan fingerprint density at radius 1 is 1.09 bits per heavy atom. The van der Waals surface area contributed by atoms with Crippen molar-refractivity contribution in [3.05, 3.63) is 71.4 Å². The Kier molecular flexibility index (Phi) is 5.97. The summed E-state index contributed by atoms with van der Waals surface area (Å²) in [6.45, 7) is 2.80. The number of rotatable bonds is 5. The third-order valence-electron chi connectivity index (χ3n) is 5.92. The number of benzene rings is 2. The normalized spacial score (nSPS) is 14.1. The zero-order valence-electron chi connectivity index (χ0n) is 18.8. The van der Waals surface area contributed by atoms with Gasteiger partial charge in [0.2, 0.25) is 0 Å². The molecule has 34 heavy (non-hydrogen) atoms. The van der Waals surface area contributed by atoms with Crippen LogP contribution in [0.3, 0.4) is 0 Å². The van der Waals surface area contributed by atoms with Crippen LogP contribution in [0.4, 0.5) is 0 Å². The average Bonchev–Trinajstić information content (AvgIpc) is 3.30. The van der Waals surface area contributed by atoms with Crippen molar-refractivity contribution in [2.24, 2.45) is 0 Å². The number of nitrogens with one attached hydrogen (secondary N) is 2. The molecule has 0 aliphatic carbocycles. The number of phenols is 1. The molecular weight excluding hydrogens is 430 g/mol. The van der Waals surface area contributed by atoms with Gasteiger partial charge in [-0.25, -0.2) is 4.98 Å². The Labute approximate surface area is 196 Å². The number of pyridine rings is 1. The van der Waals surface area contributed by atoms with Crippen LogP contribution in [0.25, 0.3) is 34.4 Å². The van der Waals surface area contributed by atoms with E-state index in [0.29, 0.717) is 41.1 Å². The zero-order chi connectivity index (χ0) is 23.5. The van der Waals surface area contributed by atoms with Gasteiger partial charge >= 0.3 is 0 Å². The molecule has 2 aromatic heterocycles. The number of hydrogen-bond donors (Lipinski definition) is 3. The molecule has 5 rings (SSSR count). The summed E-state index contributed by atoms with van der Waals surface area (Å²) >= 11 is 0. The Morgan fingerprint density at radius 3 is 2.62 bits per heavy atom. The first-order chi connectivity index (χ1) is 16.6. The first kappa shape index (κ1) is 21.7.